The van der Waals surface area contributed by atoms with Crippen LogP contribution in [0.5, 0.6) is 0 Å². The van der Waals surface area contributed by atoms with Crippen LogP contribution in [0.25, 0.3) is 0 Å². The van der Waals surface area contributed by atoms with Crippen LogP contribution in [0.1, 0.15) is 17.3 Å². The molecule has 0 aliphatic carbocycles. The maximum atomic E-state index is 11.8. The second-order valence-corrected chi connectivity index (χ2v) is 5.55. The third kappa shape index (κ3) is 6.02. The van der Waals surface area contributed by atoms with Crippen LogP contribution in [0.2, 0.25) is 0 Å². The predicted molar refractivity (Wildman–Crippen MR) is 65.7 cm³/mol. The van der Waals surface area contributed by atoms with Gasteiger partial charge in [-0.3, -0.25) is 4.79 Å². The zero-order chi connectivity index (χ0) is 12.9. The molecule has 0 atom stereocenters. The number of Topliss-reactive ketones (excluding diaryl/α,β-unsaturated/α-hetero) is 1. The van der Waals surface area contributed by atoms with E-state index in [1.165, 1.54) is 18.7 Å². The van der Waals surface area contributed by atoms with Crippen molar-refractivity contribution in [2.45, 2.75) is 17.3 Å². The molecule has 0 spiro atoms. The van der Waals surface area contributed by atoms with E-state index in [4.69, 9.17) is 0 Å². The summed E-state index contributed by atoms with van der Waals surface area (Å²) in [7, 11) is 0. The number of carbonyl (C=O) groups excluding carboxylic acids is 1. The number of carbonyl (C=O) groups is 1. The number of alkyl halides is 3. The monoisotopic (exact) mass is 280 g/mol. The van der Waals surface area contributed by atoms with Crippen molar-refractivity contribution in [3.8, 4) is 0 Å². The van der Waals surface area contributed by atoms with Crippen molar-refractivity contribution in [3.63, 3.8) is 0 Å². The van der Waals surface area contributed by atoms with Crippen molar-refractivity contribution in [3.05, 3.63) is 29.8 Å². The smallest absolute Gasteiger partial charge is 0.295 e. The van der Waals surface area contributed by atoms with E-state index in [9.17, 15) is 18.0 Å². The van der Waals surface area contributed by atoms with Gasteiger partial charge in [0.05, 0.1) is 0 Å². The van der Waals surface area contributed by atoms with Gasteiger partial charge in [-0.05, 0) is 19.1 Å². The lowest BCUT2D eigenvalue weighted by Gasteiger charge is -2.05. The molecule has 1 rings (SSSR count). The maximum absolute atomic E-state index is 11.8. The van der Waals surface area contributed by atoms with Crippen LogP contribution in [0.4, 0.5) is 13.2 Å². The zero-order valence-electron chi connectivity index (χ0n) is 9.08. The number of rotatable bonds is 5. The molecule has 6 heteroatoms. The van der Waals surface area contributed by atoms with Gasteiger partial charge in [-0.1, -0.05) is 23.9 Å². The van der Waals surface area contributed by atoms with E-state index >= 15 is 0 Å². The minimum atomic E-state index is -4.15. The molecule has 0 aromatic heterocycles. The van der Waals surface area contributed by atoms with E-state index in [1.54, 1.807) is 24.3 Å². The molecule has 1 nitrogen and oxygen atoms in total. The summed E-state index contributed by atoms with van der Waals surface area (Å²) in [6, 6.07) is 6.86. The summed E-state index contributed by atoms with van der Waals surface area (Å²) in [5, 5.41) is 0. The number of halogens is 3. The molecule has 0 aliphatic rings. The number of ketones is 1. The summed E-state index contributed by atoms with van der Waals surface area (Å²) in [5.41, 5.74) is -3.54. The Balaban J connectivity index is 2.35. The van der Waals surface area contributed by atoms with Crippen LogP contribution in [0, 0.1) is 0 Å². The molecule has 0 fully saturated rings. The van der Waals surface area contributed by atoms with Gasteiger partial charge in [0, 0.05) is 22.0 Å². The third-order valence-electron chi connectivity index (χ3n) is 1.88. The molecule has 0 amide bonds. The van der Waals surface area contributed by atoms with E-state index in [2.05, 4.69) is 0 Å². The van der Waals surface area contributed by atoms with Crippen LogP contribution in [0.3, 0.4) is 0 Å². The highest BCUT2D eigenvalue weighted by molar-refractivity contribution is 8.03. The fraction of sp³-hybridized carbons (Fsp3) is 0.364. The molecular weight excluding hydrogens is 269 g/mol. The van der Waals surface area contributed by atoms with Gasteiger partial charge in [0.1, 0.15) is 0 Å². The lowest BCUT2D eigenvalue weighted by Crippen LogP contribution is -2.02. The number of thioether (sulfide) groups is 2. The Morgan fingerprint density at radius 1 is 1.18 bits per heavy atom. The first-order chi connectivity index (χ1) is 7.88. The van der Waals surface area contributed by atoms with E-state index in [0.717, 1.165) is 4.90 Å². The predicted octanol–water partition coefficient (Wildman–Crippen LogP) is 4.23. The van der Waals surface area contributed by atoms with Gasteiger partial charge >= 0.3 is 5.51 Å². The molecule has 1 aromatic carbocycles. The van der Waals surface area contributed by atoms with Gasteiger partial charge in [-0.15, -0.1) is 11.8 Å². The first-order valence-electron chi connectivity index (χ1n) is 4.83. The summed E-state index contributed by atoms with van der Waals surface area (Å²) in [5.74, 6) is 0.404. The summed E-state index contributed by atoms with van der Waals surface area (Å²) in [6.07, 6.45) is 0. The topological polar surface area (TPSA) is 17.1 Å². The van der Waals surface area contributed by atoms with Crippen molar-refractivity contribution in [2.75, 3.05) is 11.5 Å². The molecule has 0 unspecified atom stereocenters. The summed E-state index contributed by atoms with van der Waals surface area (Å²) < 4.78 is 35.5. The van der Waals surface area contributed by atoms with Gasteiger partial charge in [0.15, 0.2) is 5.78 Å². The number of hydrogen-bond acceptors (Lipinski definition) is 3. The van der Waals surface area contributed by atoms with Gasteiger partial charge in [-0.2, -0.15) is 13.2 Å². The van der Waals surface area contributed by atoms with Crippen LogP contribution in [0.15, 0.2) is 29.2 Å². The van der Waals surface area contributed by atoms with Crippen LogP contribution in [-0.2, 0) is 0 Å². The Morgan fingerprint density at radius 2 is 1.76 bits per heavy atom. The van der Waals surface area contributed by atoms with E-state index in [-0.39, 0.29) is 23.3 Å². The van der Waals surface area contributed by atoms with Crippen LogP contribution >= 0.6 is 23.5 Å². The largest absolute Gasteiger partial charge is 0.441 e. The van der Waals surface area contributed by atoms with Crippen molar-refractivity contribution in [1.29, 1.82) is 0 Å². The van der Waals surface area contributed by atoms with Gasteiger partial charge in [0.25, 0.3) is 0 Å². The molecule has 0 radical (unpaired) electrons. The fourth-order valence-electron chi connectivity index (χ4n) is 1.10. The van der Waals surface area contributed by atoms with Gasteiger partial charge in [-0.25, -0.2) is 0 Å². The molecule has 17 heavy (non-hydrogen) atoms. The Labute approximate surface area is 106 Å². The molecule has 0 aliphatic heterocycles. The normalized spacial score (nSPS) is 11.5. The highest BCUT2D eigenvalue weighted by Crippen LogP contribution is 2.31. The van der Waals surface area contributed by atoms with Crippen molar-refractivity contribution in [1.82, 2.24) is 0 Å². The maximum Gasteiger partial charge on any atom is 0.441 e. The summed E-state index contributed by atoms with van der Waals surface area (Å²) in [6.45, 7) is 1.47. The molecule has 0 saturated heterocycles. The van der Waals surface area contributed by atoms with Crippen molar-refractivity contribution < 1.29 is 18.0 Å². The molecule has 0 bridgehead atoms. The van der Waals surface area contributed by atoms with Gasteiger partial charge in [0.2, 0.25) is 0 Å². The van der Waals surface area contributed by atoms with E-state index in [1.807, 2.05) is 0 Å². The number of benzene rings is 1. The lowest BCUT2D eigenvalue weighted by atomic mass is 10.2. The summed E-state index contributed by atoms with van der Waals surface area (Å²) in [4.78, 5) is 11.9. The van der Waals surface area contributed by atoms with E-state index < -0.39 is 5.51 Å². The molecule has 0 saturated carbocycles. The molecule has 1 aromatic rings. The first-order valence-corrected chi connectivity index (χ1v) is 6.80. The Kier molecular flexibility index (Phi) is 5.39. The van der Waals surface area contributed by atoms with E-state index in [0.29, 0.717) is 11.3 Å². The van der Waals surface area contributed by atoms with Crippen LogP contribution in [-0.4, -0.2) is 22.8 Å². The summed E-state index contributed by atoms with van der Waals surface area (Å²) >= 11 is 1.34. The highest BCUT2D eigenvalue weighted by Gasteiger charge is 2.27. The third-order valence-corrected chi connectivity index (χ3v) is 3.89. The van der Waals surface area contributed by atoms with Crippen molar-refractivity contribution in [2.24, 2.45) is 0 Å². The SMILES string of the molecule is CC(=O)c1ccc(SCCSC(F)(F)F)cc1. The fourth-order valence-corrected chi connectivity index (χ4v) is 2.57. The first kappa shape index (κ1) is 14.4. The second kappa shape index (κ2) is 6.35. The van der Waals surface area contributed by atoms with Gasteiger partial charge < -0.3 is 0 Å². The highest BCUT2D eigenvalue weighted by atomic mass is 32.2. The average molecular weight is 280 g/mol. The van der Waals surface area contributed by atoms with Crippen molar-refractivity contribution >= 4 is 29.3 Å². The Hall–Kier alpha value is -0.620. The molecule has 94 valence electrons. The minimum absolute atomic E-state index is 0.0141. The molecule has 0 N–H and O–H groups in total. The Bertz CT molecular complexity index is 373. The quantitative estimate of drug-likeness (QED) is 0.456. The molecular formula is C11H11F3OS2. The minimum Gasteiger partial charge on any atom is -0.295 e. The number of hydrogen-bond donors (Lipinski definition) is 0. The average Bonchev–Trinajstić information content (AvgIpc) is 2.24. The second-order valence-electron chi connectivity index (χ2n) is 3.22. The zero-order valence-corrected chi connectivity index (χ0v) is 10.7. The molecule has 0 heterocycles. The lowest BCUT2D eigenvalue weighted by molar-refractivity contribution is -0.0326. The van der Waals surface area contributed by atoms with Crippen LogP contribution < -0.4 is 0 Å². The standard InChI is InChI=1S/C11H11F3OS2/c1-8(15)9-2-4-10(5-3-9)16-6-7-17-11(12,13)14/h2-5H,6-7H2,1H3. The Morgan fingerprint density at radius 3 is 2.24 bits per heavy atom.